The number of hydrogen-bond acceptors (Lipinski definition) is 3. The molecule has 18 heavy (non-hydrogen) atoms. The first-order valence-corrected chi connectivity index (χ1v) is 5.93. The molecule has 0 spiro atoms. The van der Waals surface area contributed by atoms with E-state index in [1.165, 1.54) is 0 Å². The van der Waals surface area contributed by atoms with Crippen molar-refractivity contribution in [3.8, 4) is 0 Å². The van der Waals surface area contributed by atoms with Crippen LogP contribution in [0.4, 0.5) is 0 Å². The second-order valence-electron chi connectivity index (χ2n) is 4.45. The van der Waals surface area contributed by atoms with Crippen molar-refractivity contribution in [1.82, 2.24) is 9.55 Å². The summed E-state index contributed by atoms with van der Waals surface area (Å²) in [7, 11) is 1.97. The molecule has 1 aromatic carbocycles. The molecule has 0 aliphatic carbocycles. The van der Waals surface area contributed by atoms with Crippen LogP contribution in [-0.2, 0) is 13.5 Å². The van der Waals surface area contributed by atoms with E-state index in [1.807, 2.05) is 42.1 Å². The highest BCUT2D eigenvalue weighted by atomic mass is 16.3. The minimum Gasteiger partial charge on any atom is -0.464 e. The Balaban J connectivity index is 1.93. The van der Waals surface area contributed by atoms with Gasteiger partial charge >= 0.3 is 0 Å². The molecule has 2 heterocycles. The van der Waals surface area contributed by atoms with Crippen LogP contribution in [0.5, 0.6) is 0 Å². The second-order valence-corrected chi connectivity index (χ2v) is 4.45. The average Bonchev–Trinajstić information content (AvgIpc) is 2.96. The zero-order chi connectivity index (χ0) is 12.5. The van der Waals surface area contributed by atoms with Crippen LogP contribution in [0.15, 0.2) is 47.3 Å². The van der Waals surface area contributed by atoms with Crippen LogP contribution in [0.1, 0.15) is 17.4 Å². The highest BCUT2D eigenvalue weighted by Gasteiger charge is 2.15. The summed E-state index contributed by atoms with van der Waals surface area (Å²) in [6.45, 7) is 0. The number of para-hydroxylation sites is 1. The monoisotopic (exact) mass is 241 g/mol. The van der Waals surface area contributed by atoms with Crippen molar-refractivity contribution in [1.29, 1.82) is 0 Å². The van der Waals surface area contributed by atoms with Crippen LogP contribution >= 0.6 is 0 Å². The number of nitrogens with two attached hydrogens (primary N) is 1. The van der Waals surface area contributed by atoms with Crippen LogP contribution < -0.4 is 5.73 Å². The van der Waals surface area contributed by atoms with E-state index in [9.17, 15) is 0 Å². The number of benzene rings is 1. The Kier molecular flexibility index (Phi) is 2.64. The molecule has 3 rings (SSSR count). The summed E-state index contributed by atoms with van der Waals surface area (Å²) in [6, 6.07) is 7.84. The van der Waals surface area contributed by atoms with Gasteiger partial charge < -0.3 is 14.7 Å². The van der Waals surface area contributed by atoms with E-state index in [-0.39, 0.29) is 6.04 Å². The number of hydrogen-bond donors (Lipinski definition) is 1. The molecule has 1 unspecified atom stereocenters. The normalized spacial score (nSPS) is 13.0. The molecule has 0 amide bonds. The maximum absolute atomic E-state index is 6.25. The third kappa shape index (κ3) is 1.80. The number of rotatable bonds is 3. The molecular formula is C14H15N3O. The summed E-state index contributed by atoms with van der Waals surface area (Å²) >= 11 is 0. The number of aromatic nitrogens is 2. The summed E-state index contributed by atoms with van der Waals surface area (Å²) in [4.78, 5) is 4.30. The predicted molar refractivity (Wildman–Crippen MR) is 70.1 cm³/mol. The first-order valence-electron chi connectivity index (χ1n) is 5.93. The van der Waals surface area contributed by atoms with Gasteiger partial charge in [-0.3, -0.25) is 0 Å². The molecule has 3 aromatic rings. The van der Waals surface area contributed by atoms with Gasteiger partial charge in [0, 0.05) is 42.9 Å². The number of aryl methyl sites for hydroxylation is 1. The molecule has 0 saturated heterocycles. The highest BCUT2D eigenvalue weighted by molar-refractivity contribution is 5.81. The molecule has 4 heteroatoms. The fourth-order valence-corrected chi connectivity index (χ4v) is 2.19. The van der Waals surface area contributed by atoms with Crippen molar-refractivity contribution in [3.05, 3.63) is 54.3 Å². The quantitative estimate of drug-likeness (QED) is 0.766. The fraction of sp³-hybridized carbons (Fsp3) is 0.214. The molecule has 0 bridgehead atoms. The minimum absolute atomic E-state index is 0.102. The molecule has 0 aliphatic rings. The van der Waals surface area contributed by atoms with Gasteiger partial charge in [-0.15, -0.1) is 0 Å². The van der Waals surface area contributed by atoms with Crippen LogP contribution in [-0.4, -0.2) is 9.55 Å². The van der Waals surface area contributed by atoms with Gasteiger partial charge in [-0.05, 0) is 6.07 Å². The molecule has 0 aliphatic heterocycles. The number of fused-ring (bicyclic) bond motifs is 1. The van der Waals surface area contributed by atoms with Crippen LogP contribution in [0.25, 0.3) is 11.0 Å². The van der Waals surface area contributed by atoms with Gasteiger partial charge in [0.25, 0.3) is 0 Å². The molecule has 0 saturated carbocycles. The van der Waals surface area contributed by atoms with Crippen LogP contribution in [0, 0.1) is 0 Å². The largest absolute Gasteiger partial charge is 0.464 e. The minimum atomic E-state index is -0.102. The van der Waals surface area contributed by atoms with E-state index in [0.717, 1.165) is 22.4 Å². The maximum atomic E-state index is 6.25. The van der Waals surface area contributed by atoms with Crippen molar-refractivity contribution in [2.45, 2.75) is 12.5 Å². The second kappa shape index (κ2) is 4.31. The Morgan fingerprint density at radius 1 is 1.39 bits per heavy atom. The lowest BCUT2D eigenvalue weighted by Gasteiger charge is -2.09. The van der Waals surface area contributed by atoms with E-state index in [1.54, 1.807) is 12.5 Å². The van der Waals surface area contributed by atoms with Gasteiger partial charge in [-0.2, -0.15) is 0 Å². The Labute approximate surface area is 105 Å². The number of imidazole rings is 1. The number of furan rings is 1. The summed E-state index contributed by atoms with van der Waals surface area (Å²) in [5, 5.41) is 1.08. The van der Waals surface area contributed by atoms with Crippen LogP contribution in [0.2, 0.25) is 0 Å². The summed E-state index contributed by atoms with van der Waals surface area (Å²) in [6.07, 6.45) is 6.16. The third-order valence-electron chi connectivity index (χ3n) is 3.23. The standard InChI is InChI=1S/C14H15N3O/c1-17-7-6-16-14(17)8-12(15)11-9-18-13-5-3-2-4-10(11)13/h2-7,9,12H,8,15H2,1H3. The fourth-order valence-electron chi connectivity index (χ4n) is 2.19. The van der Waals surface area contributed by atoms with Crippen molar-refractivity contribution in [2.24, 2.45) is 12.8 Å². The Morgan fingerprint density at radius 3 is 3.00 bits per heavy atom. The Hall–Kier alpha value is -2.07. The molecule has 0 radical (unpaired) electrons. The van der Waals surface area contributed by atoms with Crippen molar-refractivity contribution in [2.75, 3.05) is 0 Å². The van der Waals surface area contributed by atoms with Crippen molar-refractivity contribution >= 4 is 11.0 Å². The zero-order valence-electron chi connectivity index (χ0n) is 10.2. The Morgan fingerprint density at radius 2 is 2.22 bits per heavy atom. The Bertz CT molecular complexity index is 668. The highest BCUT2D eigenvalue weighted by Crippen LogP contribution is 2.26. The first-order chi connectivity index (χ1) is 8.75. The first kappa shape index (κ1) is 11.0. The van der Waals surface area contributed by atoms with E-state index >= 15 is 0 Å². The molecule has 4 nitrogen and oxygen atoms in total. The van der Waals surface area contributed by atoms with Gasteiger partial charge in [0.15, 0.2) is 0 Å². The molecule has 0 fully saturated rings. The summed E-state index contributed by atoms with van der Waals surface area (Å²) < 4.78 is 7.50. The van der Waals surface area contributed by atoms with E-state index < -0.39 is 0 Å². The smallest absolute Gasteiger partial charge is 0.134 e. The van der Waals surface area contributed by atoms with Crippen molar-refractivity contribution in [3.63, 3.8) is 0 Å². The van der Waals surface area contributed by atoms with E-state index in [0.29, 0.717) is 6.42 Å². The van der Waals surface area contributed by atoms with Gasteiger partial charge in [0.1, 0.15) is 11.4 Å². The molecule has 2 aromatic heterocycles. The maximum Gasteiger partial charge on any atom is 0.134 e. The molecule has 92 valence electrons. The van der Waals surface area contributed by atoms with Crippen LogP contribution in [0.3, 0.4) is 0 Å². The molecular weight excluding hydrogens is 226 g/mol. The average molecular weight is 241 g/mol. The van der Waals surface area contributed by atoms with Gasteiger partial charge in [0.05, 0.1) is 6.26 Å². The zero-order valence-corrected chi connectivity index (χ0v) is 10.2. The predicted octanol–water partition coefficient (Wildman–Crippen LogP) is 2.41. The third-order valence-corrected chi connectivity index (χ3v) is 3.23. The van der Waals surface area contributed by atoms with Crippen molar-refractivity contribution < 1.29 is 4.42 Å². The lowest BCUT2D eigenvalue weighted by Crippen LogP contribution is -2.15. The SMILES string of the molecule is Cn1ccnc1CC(N)c1coc2ccccc12. The lowest BCUT2D eigenvalue weighted by atomic mass is 10.0. The topological polar surface area (TPSA) is 57.0 Å². The van der Waals surface area contributed by atoms with Gasteiger partial charge in [0.2, 0.25) is 0 Å². The van der Waals surface area contributed by atoms with Gasteiger partial charge in [-0.25, -0.2) is 4.98 Å². The molecule has 1 atom stereocenters. The van der Waals surface area contributed by atoms with E-state index in [2.05, 4.69) is 4.98 Å². The van der Waals surface area contributed by atoms with E-state index in [4.69, 9.17) is 10.2 Å². The number of nitrogens with zero attached hydrogens (tertiary/aromatic N) is 2. The summed E-state index contributed by atoms with van der Waals surface area (Å²) in [5.74, 6) is 0.979. The lowest BCUT2D eigenvalue weighted by molar-refractivity contribution is 0.593. The molecule has 2 N–H and O–H groups in total. The van der Waals surface area contributed by atoms with Gasteiger partial charge in [-0.1, -0.05) is 18.2 Å². The summed E-state index contributed by atoms with van der Waals surface area (Å²) in [5.41, 5.74) is 8.17.